The van der Waals surface area contributed by atoms with Gasteiger partial charge in [-0.2, -0.15) is 0 Å². The van der Waals surface area contributed by atoms with Gasteiger partial charge < -0.3 is 10.6 Å². The molecule has 20 heavy (non-hydrogen) atoms. The number of amides is 1. The molecule has 0 aliphatic carbocycles. The van der Waals surface area contributed by atoms with E-state index in [1.165, 1.54) is 5.56 Å². The molecule has 1 aliphatic rings. The molecule has 0 unspecified atom stereocenters. The number of carbonyl (C=O) groups is 1. The third-order valence-corrected chi connectivity index (χ3v) is 3.94. The molecular formula is C16H15ClN2O. The number of nitrogens with two attached hydrogens (primary N) is 1. The highest BCUT2D eigenvalue weighted by Gasteiger charge is 2.23. The Hall–Kier alpha value is -2.00. The van der Waals surface area contributed by atoms with E-state index in [2.05, 4.69) is 6.07 Å². The van der Waals surface area contributed by atoms with E-state index in [4.69, 9.17) is 17.3 Å². The Morgan fingerprint density at radius 3 is 2.75 bits per heavy atom. The lowest BCUT2D eigenvalue weighted by Gasteiger charge is -2.29. The summed E-state index contributed by atoms with van der Waals surface area (Å²) >= 11 is 5.93. The number of aryl methyl sites for hydroxylation is 1. The molecule has 2 aromatic carbocycles. The predicted octanol–water partition coefficient (Wildman–Crippen LogP) is 3.40. The molecular weight excluding hydrogens is 272 g/mol. The van der Waals surface area contributed by atoms with Crippen LogP contribution >= 0.6 is 11.6 Å². The van der Waals surface area contributed by atoms with Crippen LogP contribution in [-0.2, 0) is 17.8 Å². The van der Waals surface area contributed by atoms with Gasteiger partial charge in [-0.1, -0.05) is 35.9 Å². The van der Waals surface area contributed by atoms with Crippen molar-refractivity contribution in [2.24, 2.45) is 0 Å². The van der Waals surface area contributed by atoms with Gasteiger partial charge in [0.25, 0.3) is 0 Å². The van der Waals surface area contributed by atoms with Crippen molar-refractivity contribution in [1.82, 2.24) is 0 Å². The number of hydrogen-bond donors (Lipinski definition) is 1. The van der Waals surface area contributed by atoms with Crippen molar-refractivity contribution >= 4 is 28.9 Å². The lowest BCUT2D eigenvalue weighted by Crippen LogP contribution is -2.34. The van der Waals surface area contributed by atoms with Crippen molar-refractivity contribution in [3.63, 3.8) is 0 Å². The van der Waals surface area contributed by atoms with Crippen molar-refractivity contribution in [2.45, 2.75) is 19.4 Å². The molecule has 0 bridgehead atoms. The molecule has 3 rings (SSSR count). The van der Waals surface area contributed by atoms with Crippen LogP contribution in [0.2, 0.25) is 5.02 Å². The molecule has 1 heterocycles. The third kappa shape index (κ3) is 2.37. The minimum absolute atomic E-state index is 0.150. The van der Waals surface area contributed by atoms with Crippen molar-refractivity contribution in [3.05, 3.63) is 58.6 Å². The van der Waals surface area contributed by atoms with Crippen LogP contribution < -0.4 is 10.6 Å². The van der Waals surface area contributed by atoms with E-state index in [1.807, 2.05) is 35.2 Å². The van der Waals surface area contributed by atoms with Crippen molar-refractivity contribution in [1.29, 1.82) is 0 Å². The van der Waals surface area contributed by atoms with Crippen LogP contribution in [0.3, 0.4) is 0 Å². The second-order valence-electron chi connectivity index (χ2n) is 4.96. The summed E-state index contributed by atoms with van der Waals surface area (Å²) in [7, 11) is 0. The Morgan fingerprint density at radius 1 is 1.15 bits per heavy atom. The first kappa shape index (κ1) is 13.0. The van der Waals surface area contributed by atoms with Gasteiger partial charge in [-0.3, -0.25) is 4.79 Å². The largest absolute Gasteiger partial charge is 0.398 e. The molecule has 0 radical (unpaired) electrons. The first-order valence-corrected chi connectivity index (χ1v) is 6.95. The van der Waals surface area contributed by atoms with Gasteiger partial charge in [-0.15, -0.1) is 0 Å². The number of nitrogen functional groups attached to an aromatic ring is 1. The molecule has 2 aromatic rings. The average Bonchev–Trinajstić information content (AvgIpc) is 2.46. The minimum Gasteiger partial charge on any atom is -0.398 e. The number of benzene rings is 2. The molecule has 1 aliphatic heterocycles. The number of para-hydroxylation sites is 1. The molecule has 4 heteroatoms. The summed E-state index contributed by atoms with van der Waals surface area (Å²) in [5.41, 5.74) is 9.56. The van der Waals surface area contributed by atoms with Gasteiger partial charge in [0.2, 0.25) is 5.91 Å². The summed E-state index contributed by atoms with van der Waals surface area (Å²) in [5, 5.41) is 0.541. The Balaban J connectivity index is 1.93. The fraction of sp³-hybridized carbons (Fsp3) is 0.188. The zero-order valence-electron chi connectivity index (χ0n) is 11.0. The van der Waals surface area contributed by atoms with E-state index >= 15 is 0 Å². The second-order valence-corrected chi connectivity index (χ2v) is 5.37. The van der Waals surface area contributed by atoms with E-state index in [1.54, 1.807) is 6.07 Å². The molecule has 0 atom stereocenters. The van der Waals surface area contributed by atoms with Crippen LogP contribution in [0.15, 0.2) is 42.5 Å². The van der Waals surface area contributed by atoms with Crippen molar-refractivity contribution in [3.8, 4) is 0 Å². The fourth-order valence-corrected chi connectivity index (χ4v) is 2.66. The molecule has 3 nitrogen and oxygen atoms in total. The number of rotatable bonds is 2. The van der Waals surface area contributed by atoms with Crippen LogP contribution in [0.4, 0.5) is 11.4 Å². The molecule has 0 fully saturated rings. The monoisotopic (exact) mass is 286 g/mol. The Labute approximate surface area is 123 Å². The molecule has 0 saturated heterocycles. The number of nitrogens with zero attached hydrogens (tertiary/aromatic N) is 1. The topological polar surface area (TPSA) is 46.3 Å². The van der Waals surface area contributed by atoms with E-state index in [-0.39, 0.29) is 5.91 Å². The van der Waals surface area contributed by atoms with E-state index in [0.29, 0.717) is 23.7 Å². The van der Waals surface area contributed by atoms with E-state index in [9.17, 15) is 4.79 Å². The highest BCUT2D eigenvalue weighted by molar-refractivity contribution is 6.33. The van der Waals surface area contributed by atoms with Crippen molar-refractivity contribution < 1.29 is 4.79 Å². The SMILES string of the molecule is Nc1cc(CN2C(=O)CCc3ccccc32)ccc1Cl. The maximum atomic E-state index is 12.2. The number of halogens is 1. The number of hydrogen-bond acceptors (Lipinski definition) is 2. The zero-order valence-corrected chi connectivity index (χ0v) is 11.7. The Bertz CT molecular complexity index is 669. The molecule has 102 valence electrons. The number of carbonyl (C=O) groups excluding carboxylic acids is 1. The normalized spacial score (nSPS) is 14.2. The lowest BCUT2D eigenvalue weighted by molar-refractivity contribution is -0.119. The Morgan fingerprint density at radius 2 is 1.95 bits per heavy atom. The number of fused-ring (bicyclic) bond motifs is 1. The van der Waals surface area contributed by atoms with Gasteiger partial charge >= 0.3 is 0 Å². The molecule has 0 spiro atoms. The number of anilines is 2. The second kappa shape index (κ2) is 5.17. The maximum Gasteiger partial charge on any atom is 0.227 e. The molecule has 1 amide bonds. The van der Waals surface area contributed by atoms with E-state index in [0.717, 1.165) is 17.7 Å². The standard InChI is InChI=1S/C16H15ClN2O/c17-13-7-5-11(9-14(13)18)10-19-15-4-2-1-3-12(15)6-8-16(19)20/h1-5,7,9H,6,8,10,18H2. The summed E-state index contributed by atoms with van der Waals surface area (Å²) in [4.78, 5) is 14.0. The van der Waals surface area contributed by atoms with Crippen LogP contribution in [0.25, 0.3) is 0 Å². The van der Waals surface area contributed by atoms with Crippen LogP contribution in [-0.4, -0.2) is 5.91 Å². The molecule has 0 saturated carbocycles. The molecule has 2 N–H and O–H groups in total. The van der Waals surface area contributed by atoms with E-state index < -0.39 is 0 Å². The van der Waals surface area contributed by atoms with Gasteiger partial charge in [0, 0.05) is 12.1 Å². The van der Waals surface area contributed by atoms with Gasteiger partial charge in [-0.05, 0) is 35.7 Å². The van der Waals surface area contributed by atoms with Gasteiger partial charge in [0.05, 0.1) is 17.3 Å². The summed E-state index contributed by atoms with van der Waals surface area (Å²) in [6.45, 7) is 0.525. The van der Waals surface area contributed by atoms with Crippen LogP contribution in [0.1, 0.15) is 17.5 Å². The summed E-state index contributed by atoms with van der Waals surface area (Å²) < 4.78 is 0. The van der Waals surface area contributed by atoms with Crippen LogP contribution in [0.5, 0.6) is 0 Å². The molecule has 0 aromatic heterocycles. The quantitative estimate of drug-likeness (QED) is 0.860. The summed E-state index contributed by atoms with van der Waals surface area (Å²) in [5.74, 6) is 0.150. The zero-order chi connectivity index (χ0) is 14.1. The average molecular weight is 287 g/mol. The minimum atomic E-state index is 0.150. The van der Waals surface area contributed by atoms with Gasteiger partial charge in [0.15, 0.2) is 0 Å². The van der Waals surface area contributed by atoms with Gasteiger partial charge in [0.1, 0.15) is 0 Å². The maximum absolute atomic E-state index is 12.2. The third-order valence-electron chi connectivity index (χ3n) is 3.59. The smallest absolute Gasteiger partial charge is 0.227 e. The predicted molar refractivity (Wildman–Crippen MR) is 81.8 cm³/mol. The lowest BCUT2D eigenvalue weighted by atomic mass is 10.0. The van der Waals surface area contributed by atoms with Gasteiger partial charge in [-0.25, -0.2) is 0 Å². The summed E-state index contributed by atoms with van der Waals surface area (Å²) in [6, 6.07) is 13.5. The van der Waals surface area contributed by atoms with Crippen molar-refractivity contribution in [2.75, 3.05) is 10.6 Å². The fourth-order valence-electron chi connectivity index (χ4n) is 2.54. The Kier molecular flexibility index (Phi) is 3.36. The first-order valence-electron chi connectivity index (χ1n) is 6.57. The highest BCUT2D eigenvalue weighted by atomic mass is 35.5. The first-order chi connectivity index (χ1) is 9.65. The van der Waals surface area contributed by atoms with Crippen LogP contribution in [0, 0.1) is 0 Å². The highest BCUT2D eigenvalue weighted by Crippen LogP contribution is 2.29. The summed E-state index contributed by atoms with van der Waals surface area (Å²) in [6.07, 6.45) is 1.37.